The average Bonchev–Trinajstić information content (AvgIpc) is 2.39. The minimum atomic E-state index is -0.955. The molecule has 0 aliphatic carbocycles. The highest BCUT2D eigenvalue weighted by atomic mass is 35.5. The zero-order chi connectivity index (χ0) is 16.9. The first-order valence-corrected chi connectivity index (χ1v) is 7.44. The fourth-order valence-corrected chi connectivity index (χ4v) is 2.11. The van der Waals surface area contributed by atoms with Gasteiger partial charge in [-0.1, -0.05) is 31.5 Å². The fraction of sp³-hybridized carbons (Fsp3) is 0.500. The first-order chi connectivity index (χ1) is 10.2. The SMILES string of the molecule is Cc1c(Cl)cccc1OCC(=O)NC(C)(CC(=O)O)C(C)C. The van der Waals surface area contributed by atoms with Crippen LogP contribution in [0.25, 0.3) is 0 Å². The van der Waals surface area contributed by atoms with E-state index in [2.05, 4.69) is 5.32 Å². The molecule has 0 spiro atoms. The molecule has 2 N–H and O–H groups in total. The molecule has 0 aromatic heterocycles. The number of carboxylic acids is 1. The van der Waals surface area contributed by atoms with Crippen LogP contribution in [0.4, 0.5) is 0 Å². The summed E-state index contributed by atoms with van der Waals surface area (Å²) >= 11 is 5.99. The number of aliphatic carboxylic acids is 1. The summed E-state index contributed by atoms with van der Waals surface area (Å²) in [5, 5.41) is 12.3. The Hall–Kier alpha value is -1.75. The second kappa shape index (κ2) is 7.49. The Bertz CT molecular complexity index is 559. The second-order valence-electron chi connectivity index (χ2n) is 5.84. The van der Waals surface area contributed by atoms with Crippen LogP contribution >= 0.6 is 11.6 Å². The minimum absolute atomic E-state index is 0.0274. The Morgan fingerprint density at radius 1 is 1.41 bits per heavy atom. The highest BCUT2D eigenvalue weighted by Crippen LogP contribution is 2.25. The van der Waals surface area contributed by atoms with Gasteiger partial charge in [0.1, 0.15) is 5.75 Å². The van der Waals surface area contributed by atoms with E-state index < -0.39 is 11.5 Å². The zero-order valence-corrected chi connectivity index (χ0v) is 14.0. The summed E-state index contributed by atoms with van der Waals surface area (Å²) in [6, 6.07) is 5.21. The molecule has 1 unspecified atom stereocenters. The molecule has 1 aromatic carbocycles. The number of halogens is 1. The summed E-state index contributed by atoms with van der Waals surface area (Å²) in [7, 11) is 0. The van der Waals surface area contributed by atoms with Crippen LogP contribution in [0.15, 0.2) is 18.2 Å². The van der Waals surface area contributed by atoms with E-state index in [-0.39, 0.29) is 24.9 Å². The molecule has 0 aliphatic rings. The second-order valence-corrected chi connectivity index (χ2v) is 6.25. The molecule has 1 amide bonds. The summed E-state index contributed by atoms with van der Waals surface area (Å²) in [5.41, 5.74) is -0.0653. The Labute approximate surface area is 135 Å². The quantitative estimate of drug-likeness (QED) is 0.807. The Morgan fingerprint density at radius 3 is 2.59 bits per heavy atom. The Balaban J connectivity index is 2.68. The zero-order valence-electron chi connectivity index (χ0n) is 13.3. The number of carbonyl (C=O) groups excluding carboxylic acids is 1. The largest absolute Gasteiger partial charge is 0.483 e. The molecule has 122 valence electrons. The Kier molecular flexibility index (Phi) is 6.23. The van der Waals surface area contributed by atoms with Gasteiger partial charge in [-0.25, -0.2) is 0 Å². The topological polar surface area (TPSA) is 75.6 Å². The summed E-state index contributed by atoms with van der Waals surface area (Å²) < 4.78 is 5.47. The van der Waals surface area contributed by atoms with Crippen molar-refractivity contribution in [1.29, 1.82) is 0 Å². The maximum atomic E-state index is 12.1. The third-order valence-corrected chi connectivity index (χ3v) is 4.20. The molecule has 0 fully saturated rings. The van der Waals surface area contributed by atoms with Crippen LogP contribution < -0.4 is 10.1 Å². The van der Waals surface area contributed by atoms with E-state index in [9.17, 15) is 9.59 Å². The van der Waals surface area contributed by atoms with Gasteiger partial charge in [-0.05, 0) is 31.9 Å². The molecule has 22 heavy (non-hydrogen) atoms. The molecule has 0 aliphatic heterocycles. The molecule has 0 saturated carbocycles. The van der Waals surface area contributed by atoms with Crippen LogP contribution in [0, 0.1) is 12.8 Å². The molecular weight excluding hydrogens is 306 g/mol. The number of ether oxygens (including phenoxy) is 1. The van der Waals surface area contributed by atoms with Crippen LogP contribution in [0.5, 0.6) is 5.75 Å². The number of rotatable bonds is 7. The molecule has 0 bridgehead atoms. The van der Waals surface area contributed by atoms with Crippen LogP contribution in [0.1, 0.15) is 32.8 Å². The van der Waals surface area contributed by atoms with E-state index in [1.807, 2.05) is 13.8 Å². The van der Waals surface area contributed by atoms with Gasteiger partial charge >= 0.3 is 5.97 Å². The maximum Gasteiger partial charge on any atom is 0.305 e. The van der Waals surface area contributed by atoms with Crippen molar-refractivity contribution in [3.8, 4) is 5.75 Å². The van der Waals surface area contributed by atoms with Crippen molar-refractivity contribution in [2.45, 2.75) is 39.7 Å². The van der Waals surface area contributed by atoms with Gasteiger partial charge in [-0.3, -0.25) is 9.59 Å². The lowest BCUT2D eigenvalue weighted by molar-refractivity contribution is -0.139. The highest BCUT2D eigenvalue weighted by molar-refractivity contribution is 6.31. The minimum Gasteiger partial charge on any atom is -0.483 e. The monoisotopic (exact) mass is 327 g/mol. The normalized spacial score (nSPS) is 13.5. The van der Waals surface area contributed by atoms with E-state index in [4.69, 9.17) is 21.4 Å². The lowest BCUT2D eigenvalue weighted by Crippen LogP contribution is -2.52. The summed E-state index contributed by atoms with van der Waals surface area (Å²) in [5.74, 6) is -0.812. The van der Waals surface area contributed by atoms with E-state index in [1.54, 1.807) is 32.0 Å². The van der Waals surface area contributed by atoms with E-state index in [0.717, 1.165) is 5.56 Å². The van der Waals surface area contributed by atoms with Gasteiger partial charge < -0.3 is 15.2 Å². The van der Waals surface area contributed by atoms with E-state index >= 15 is 0 Å². The van der Waals surface area contributed by atoms with Crippen LogP contribution in [0.2, 0.25) is 5.02 Å². The standard InChI is InChI=1S/C16H22ClNO4/c1-10(2)16(4,8-15(20)21)18-14(19)9-22-13-7-5-6-12(17)11(13)3/h5-7,10H,8-9H2,1-4H3,(H,18,19)(H,20,21). The van der Waals surface area contributed by atoms with Crippen LogP contribution in [0.3, 0.4) is 0 Å². The average molecular weight is 328 g/mol. The van der Waals surface area contributed by atoms with Gasteiger partial charge in [-0.2, -0.15) is 0 Å². The smallest absolute Gasteiger partial charge is 0.305 e. The van der Waals surface area contributed by atoms with Crippen molar-refractivity contribution in [3.63, 3.8) is 0 Å². The Morgan fingerprint density at radius 2 is 2.05 bits per heavy atom. The van der Waals surface area contributed by atoms with Crippen LogP contribution in [-0.4, -0.2) is 29.1 Å². The molecule has 6 heteroatoms. The predicted octanol–water partition coefficient (Wildman–Crippen LogP) is 3.03. The first kappa shape index (κ1) is 18.3. The van der Waals surface area contributed by atoms with Crippen molar-refractivity contribution < 1.29 is 19.4 Å². The number of benzene rings is 1. The summed E-state index contributed by atoms with van der Waals surface area (Å²) in [6.07, 6.45) is -0.146. The predicted molar refractivity (Wildman–Crippen MR) is 85.3 cm³/mol. The lowest BCUT2D eigenvalue weighted by Gasteiger charge is -2.33. The van der Waals surface area contributed by atoms with E-state index in [1.165, 1.54) is 0 Å². The molecular formula is C16H22ClNO4. The summed E-state index contributed by atoms with van der Waals surface area (Å²) in [4.78, 5) is 23.0. The van der Waals surface area contributed by atoms with Crippen molar-refractivity contribution in [3.05, 3.63) is 28.8 Å². The number of amides is 1. The molecule has 1 rings (SSSR count). The number of nitrogens with one attached hydrogen (secondary N) is 1. The fourth-order valence-electron chi connectivity index (χ4n) is 1.95. The number of hydrogen-bond acceptors (Lipinski definition) is 3. The first-order valence-electron chi connectivity index (χ1n) is 7.06. The highest BCUT2D eigenvalue weighted by Gasteiger charge is 2.32. The number of carboxylic acid groups (broad SMARTS) is 1. The van der Waals surface area contributed by atoms with Gasteiger partial charge in [0.05, 0.1) is 12.0 Å². The third-order valence-electron chi connectivity index (χ3n) is 3.79. The van der Waals surface area contributed by atoms with Crippen molar-refractivity contribution in [1.82, 2.24) is 5.32 Å². The van der Waals surface area contributed by atoms with Crippen LogP contribution in [-0.2, 0) is 9.59 Å². The molecule has 0 radical (unpaired) electrons. The molecule has 5 nitrogen and oxygen atoms in total. The molecule has 1 atom stereocenters. The number of carbonyl (C=O) groups is 2. The van der Waals surface area contributed by atoms with E-state index in [0.29, 0.717) is 10.8 Å². The molecule has 0 saturated heterocycles. The van der Waals surface area contributed by atoms with Gasteiger partial charge in [0.2, 0.25) is 0 Å². The number of hydrogen-bond donors (Lipinski definition) is 2. The summed E-state index contributed by atoms with van der Waals surface area (Å²) in [6.45, 7) is 7.06. The van der Waals surface area contributed by atoms with Crippen molar-refractivity contribution in [2.75, 3.05) is 6.61 Å². The molecule has 0 heterocycles. The van der Waals surface area contributed by atoms with Gasteiger partial charge in [0, 0.05) is 10.6 Å². The van der Waals surface area contributed by atoms with Crippen molar-refractivity contribution >= 4 is 23.5 Å². The maximum absolute atomic E-state index is 12.1. The van der Waals surface area contributed by atoms with Gasteiger partial charge in [0.15, 0.2) is 6.61 Å². The van der Waals surface area contributed by atoms with Gasteiger partial charge in [-0.15, -0.1) is 0 Å². The third kappa shape index (κ3) is 4.91. The van der Waals surface area contributed by atoms with Crippen molar-refractivity contribution in [2.24, 2.45) is 5.92 Å². The van der Waals surface area contributed by atoms with Gasteiger partial charge in [0.25, 0.3) is 5.91 Å². The molecule has 1 aromatic rings. The lowest BCUT2D eigenvalue weighted by atomic mass is 9.85.